The molecule has 1 aromatic rings. The summed E-state index contributed by atoms with van der Waals surface area (Å²) in [5, 5.41) is 0. The van der Waals surface area contributed by atoms with Crippen molar-refractivity contribution >= 4 is 5.97 Å². The average molecular weight is 291 g/mol. The first-order valence-electron chi connectivity index (χ1n) is 7.64. The predicted molar refractivity (Wildman–Crippen MR) is 82.1 cm³/mol. The van der Waals surface area contributed by atoms with Gasteiger partial charge in [0.15, 0.2) is 0 Å². The number of ether oxygens (including phenoxy) is 2. The second kappa shape index (κ2) is 8.15. The Morgan fingerprint density at radius 2 is 2.24 bits per heavy atom. The van der Waals surface area contributed by atoms with E-state index >= 15 is 0 Å². The molecule has 2 rings (SSSR count). The van der Waals surface area contributed by atoms with Gasteiger partial charge in [-0.25, -0.2) is 0 Å². The van der Waals surface area contributed by atoms with Crippen LogP contribution in [0.3, 0.4) is 0 Å². The number of carbonyl (C=O) groups is 1. The number of hydrogen-bond acceptors (Lipinski definition) is 4. The van der Waals surface area contributed by atoms with Crippen molar-refractivity contribution in [3.63, 3.8) is 0 Å². The zero-order chi connectivity index (χ0) is 15.1. The maximum Gasteiger partial charge on any atom is 0.306 e. The van der Waals surface area contributed by atoms with Crippen molar-refractivity contribution < 1.29 is 14.3 Å². The standard InChI is InChI=1S/C17H25NO3/c1-14-6-3-4-7-15(14)12-18(10-9-17(19)20-2)13-16-8-5-11-21-16/h3-4,6-7,16H,5,8-13H2,1-2H3. The van der Waals surface area contributed by atoms with Crippen LogP contribution in [0, 0.1) is 6.92 Å². The normalized spacial score (nSPS) is 18.1. The van der Waals surface area contributed by atoms with Gasteiger partial charge in [-0.15, -0.1) is 0 Å². The Morgan fingerprint density at radius 1 is 1.43 bits per heavy atom. The second-order valence-electron chi connectivity index (χ2n) is 5.62. The fraction of sp³-hybridized carbons (Fsp3) is 0.588. The summed E-state index contributed by atoms with van der Waals surface area (Å²) in [7, 11) is 1.44. The molecule has 116 valence electrons. The SMILES string of the molecule is COC(=O)CCN(Cc1ccccc1C)CC1CCCO1. The van der Waals surface area contributed by atoms with Crippen LogP contribution in [0.5, 0.6) is 0 Å². The van der Waals surface area contributed by atoms with E-state index in [1.807, 2.05) is 0 Å². The Hall–Kier alpha value is -1.39. The number of nitrogens with zero attached hydrogens (tertiary/aromatic N) is 1. The molecule has 0 bridgehead atoms. The van der Waals surface area contributed by atoms with Crippen LogP contribution in [-0.2, 0) is 20.8 Å². The van der Waals surface area contributed by atoms with Crippen LogP contribution in [0.4, 0.5) is 0 Å². The quantitative estimate of drug-likeness (QED) is 0.724. The van der Waals surface area contributed by atoms with Gasteiger partial charge < -0.3 is 9.47 Å². The highest BCUT2D eigenvalue weighted by atomic mass is 16.5. The lowest BCUT2D eigenvalue weighted by atomic mass is 10.1. The summed E-state index contributed by atoms with van der Waals surface area (Å²) in [4.78, 5) is 13.7. The van der Waals surface area contributed by atoms with Crippen LogP contribution in [0.2, 0.25) is 0 Å². The zero-order valence-electron chi connectivity index (χ0n) is 13.0. The monoisotopic (exact) mass is 291 g/mol. The molecule has 0 aliphatic carbocycles. The summed E-state index contributed by atoms with van der Waals surface area (Å²) in [6, 6.07) is 8.39. The molecule has 0 spiro atoms. The molecule has 4 heteroatoms. The molecule has 1 heterocycles. The maximum absolute atomic E-state index is 11.4. The van der Waals surface area contributed by atoms with E-state index in [2.05, 4.69) is 36.1 Å². The molecule has 0 amide bonds. The molecular formula is C17H25NO3. The molecule has 21 heavy (non-hydrogen) atoms. The van der Waals surface area contributed by atoms with Crippen molar-refractivity contribution in [3.8, 4) is 0 Å². The Balaban J connectivity index is 1.96. The molecule has 1 unspecified atom stereocenters. The third kappa shape index (κ3) is 5.14. The highest BCUT2D eigenvalue weighted by Gasteiger charge is 2.20. The smallest absolute Gasteiger partial charge is 0.306 e. The highest BCUT2D eigenvalue weighted by Crippen LogP contribution is 2.16. The molecule has 0 radical (unpaired) electrons. The fourth-order valence-corrected chi connectivity index (χ4v) is 2.69. The van der Waals surface area contributed by atoms with E-state index in [1.54, 1.807) is 0 Å². The van der Waals surface area contributed by atoms with Gasteiger partial charge in [0.25, 0.3) is 0 Å². The van der Waals surface area contributed by atoms with Gasteiger partial charge in [-0.2, -0.15) is 0 Å². The third-order valence-electron chi connectivity index (χ3n) is 4.00. The van der Waals surface area contributed by atoms with E-state index in [-0.39, 0.29) is 5.97 Å². The number of benzene rings is 1. The first-order valence-corrected chi connectivity index (χ1v) is 7.64. The van der Waals surface area contributed by atoms with Gasteiger partial charge in [-0.05, 0) is 30.9 Å². The van der Waals surface area contributed by atoms with Crippen LogP contribution in [0.15, 0.2) is 24.3 Å². The average Bonchev–Trinajstić information content (AvgIpc) is 2.99. The molecule has 1 aliphatic rings. The maximum atomic E-state index is 11.4. The lowest BCUT2D eigenvalue weighted by Crippen LogP contribution is -2.33. The van der Waals surface area contributed by atoms with E-state index in [9.17, 15) is 4.79 Å². The first kappa shape index (κ1) is 16.0. The van der Waals surface area contributed by atoms with Crippen LogP contribution in [-0.4, -0.2) is 43.8 Å². The number of carbonyl (C=O) groups excluding carboxylic acids is 1. The van der Waals surface area contributed by atoms with E-state index in [0.29, 0.717) is 19.1 Å². The van der Waals surface area contributed by atoms with Gasteiger partial charge in [0.2, 0.25) is 0 Å². The van der Waals surface area contributed by atoms with Crippen LogP contribution >= 0.6 is 0 Å². The van der Waals surface area contributed by atoms with Gasteiger partial charge in [0.05, 0.1) is 19.6 Å². The third-order valence-corrected chi connectivity index (χ3v) is 4.00. The molecule has 1 atom stereocenters. The highest BCUT2D eigenvalue weighted by molar-refractivity contribution is 5.69. The summed E-state index contributed by atoms with van der Waals surface area (Å²) in [6.45, 7) is 5.43. The van der Waals surface area contributed by atoms with Crippen LogP contribution < -0.4 is 0 Å². The second-order valence-corrected chi connectivity index (χ2v) is 5.62. The summed E-state index contributed by atoms with van der Waals surface area (Å²) in [5.41, 5.74) is 2.59. The van der Waals surface area contributed by atoms with Gasteiger partial charge in [0.1, 0.15) is 0 Å². The molecule has 0 aromatic heterocycles. The topological polar surface area (TPSA) is 38.8 Å². The summed E-state index contributed by atoms with van der Waals surface area (Å²) in [6.07, 6.45) is 2.98. The first-order chi connectivity index (χ1) is 10.2. The summed E-state index contributed by atoms with van der Waals surface area (Å²) >= 11 is 0. The number of aryl methyl sites for hydroxylation is 1. The van der Waals surface area contributed by atoms with Crippen LogP contribution in [0.25, 0.3) is 0 Å². The van der Waals surface area contributed by atoms with E-state index < -0.39 is 0 Å². The molecule has 1 fully saturated rings. The minimum absolute atomic E-state index is 0.155. The lowest BCUT2D eigenvalue weighted by Gasteiger charge is -2.25. The molecule has 4 nitrogen and oxygen atoms in total. The van der Waals surface area contributed by atoms with Gasteiger partial charge in [-0.1, -0.05) is 24.3 Å². The van der Waals surface area contributed by atoms with Crippen molar-refractivity contribution in [3.05, 3.63) is 35.4 Å². The fourth-order valence-electron chi connectivity index (χ4n) is 2.69. The summed E-state index contributed by atoms with van der Waals surface area (Å²) in [5.74, 6) is -0.155. The molecule has 0 N–H and O–H groups in total. The Kier molecular flexibility index (Phi) is 6.21. The number of methoxy groups -OCH3 is 1. The van der Waals surface area contributed by atoms with Gasteiger partial charge >= 0.3 is 5.97 Å². The van der Waals surface area contributed by atoms with Crippen molar-refractivity contribution in [1.82, 2.24) is 4.90 Å². The van der Waals surface area contributed by atoms with E-state index in [4.69, 9.17) is 9.47 Å². The Labute approximate surface area is 127 Å². The largest absolute Gasteiger partial charge is 0.469 e. The van der Waals surface area contributed by atoms with Crippen molar-refractivity contribution in [2.45, 2.75) is 38.8 Å². The van der Waals surface area contributed by atoms with Gasteiger partial charge in [0, 0.05) is 26.2 Å². The van der Waals surface area contributed by atoms with E-state index in [1.165, 1.54) is 18.2 Å². The zero-order valence-corrected chi connectivity index (χ0v) is 13.0. The van der Waals surface area contributed by atoms with Crippen molar-refractivity contribution in [1.29, 1.82) is 0 Å². The molecule has 1 aromatic carbocycles. The van der Waals surface area contributed by atoms with E-state index in [0.717, 1.165) is 32.5 Å². The molecule has 1 aliphatic heterocycles. The minimum Gasteiger partial charge on any atom is -0.469 e. The predicted octanol–water partition coefficient (Wildman–Crippen LogP) is 2.54. The van der Waals surface area contributed by atoms with Gasteiger partial charge in [-0.3, -0.25) is 9.69 Å². The lowest BCUT2D eigenvalue weighted by molar-refractivity contribution is -0.141. The van der Waals surface area contributed by atoms with Crippen LogP contribution in [0.1, 0.15) is 30.4 Å². The molecule has 0 saturated carbocycles. The molecule has 1 saturated heterocycles. The molecular weight excluding hydrogens is 266 g/mol. The van der Waals surface area contributed by atoms with Crippen molar-refractivity contribution in [2.75, 3.05) is 26.8 Å². The Morgan fingerprint density at radius 3 is 2.90 bits per heavy atom. The number of esters is 1. The number of rotatable bonds is 7. The van der Waals surface area contributed by atoms with Crippen molar-refractivity contribution in [2.24, 2.45) is 0 Å². The minimum atomic E-state index is -0.155. The summed E-state index contributed by atoms with van der Waals surface area (Å²) < 4.78 is 10.5. The Bertz CT molecular complexity index is 455. The number of hydrogen-bond donors (Lipinski definition) is 0.